The van der Waals surface area contributed by atoms with Crippen LogP contribution in [0.4, 0.5) is 22.7 Å². The molecule has 0 aliphatic carbocycles. The number of para-hydroxylation sites is 1. The van der Waals surface area contributed by atoms with Crippen LogP contribution in [-0.4, -0.2) is 35.8 Å². The van der Waals surface area contributed by atoms with Gasteiger partial charge in [-0.15, -0.1) is 0 Å². The number of hydrogen-bond acceptors (Lipinski definition) is 6. The molecule has 0 saturated heterocycles. The first-order chi connectivity index (χ1) is 11.1. The number of halogens is 4. The van der Waals surface area contributed by atoms with E-state index in [1.807, 2.05) is 5.32 Å². The topological polar surface area (TPSA) is 80.3 Å². The smallest absolute Gasteiger partial charge is 0.442 e. The number of methoxy groups -OCH3 is 1. The molecule has 1 amide bonds. The van der Waals surface area contributed by atoms with Crippen LogP contribution in [0, 0.1) is 5.82 Å². The van der Waals surface area contributed by atoms with Gasteiger partial charge in [0.1, 0.15) is 11.3 Å². The third-order valence-corrected chi connectivity index (χ3v) is 3.88. The number of nitrogens with one attached hydrogen (secondary N) is 2. The number of benzene rings is 1. The molecule has 0 fully saturated rings. The highest BCUT2D eigenvalue weighted by molar-refractivity contribution is 7.22. The van der Waals surface area contributed by atoms with E-state index in [4.69, 9.17) is 0 Å². The Balaban J connectivity index is 2.55. The highest BCUT2D eigenvalue weighted by atomic mass is 32.1. The number of fused-ring (bicyclic) bond motifs is 1. The minimum Gasteiger partial charge on any atom is -0.466 e. The summed E-state index contributed by atoms with van der Waals surface area (Å²) in [6, 6.07) is 3.91. The lowest BCUT2D eigenvalue weighted by Crippen LogP contribution is -2.69. The van der Waals surface area contributed by atoms with Crippen molar-refractivity contribution in [3.8, 4) is 0 Å². The molecule has 0 radical (unpaired) electrons. The second-order valence-corrected chi connectivity index (χ2v) is 5.68. The van der Waals surface area contributed by atoms with Crippen molar-refractivity contribution in [3.63, 3.8) is 0 Å². The van der Waals surface area contributed by atoms with Gasteiger partial charge < -0.3 is 15.4 Å². The molecular formula is C13H11F4N3O3S. The monoisotopic (exact) mass is 365 g/mol. The average molecular weight is 365 g/mol. The minimum absolute atomic E-state index is 0.159. The van der Waals surface area contributed by atoms with Gasteiger partial charge in [0.05, 0.1) is 11.8 Å². The maximum absolute atomic E-state index is 13.6. The van der Waals surface area contributed by atoms with Crippen LogP contribution in [0.5, 0.6) is 0 Å². The number of nitrogens with zero attached hydrogens (tertiary/aromatic N) is 1. The summed E-state index contributed by atoms with van der Waals surface area (Å²) < 4.78 is 58.6. The van der Waals surface area contributed by atoms with Gasteiger partial charge in [-0.1, -0.05) is 17.4 Å². The van der Waals surface area contributed by atoms with Gasteiger partial charge in [-0.25, -0.2) is 14.2 Å². The summed E-state index contributed by atoms with van der Waals surface area (Å²) >= 11 is 0.688. The van der Waals surface area contributed by atoms with Crippen LogP contribution in [0.3, 0.4) is 0 Å². The van der Waals surface area contributed by atoms with Crippen molar-refractivity contribution in [2.45, 2.75) is 18.8 Å². The molecule has 11 heteroatoms. The highest BCUT2D eigenvalue weighted by Gasteiger charge is 2.63. The molecule has 0 unspecified atom stereocenters. The molecule has 24 heavy (non-hydrogen) atoms. The van der Waals surface area contributed by atoms with Gasteiger partial charge in [0, 0.05) is 6.92 Å². The van der Waals surface area contributed by atoms with Crippen molar-refractivity contribution in [1.29, 1.82) is 0 Å². The number of aromatic nitrogens is 1. The fraction of sp³-hybridized carbons (Fsp3) is 0.308. The average Bonchev–Trinajstić information content (AvgIpc) is 2.88. The molecule has 1 aromatic carbocycles. The molecule has 2 aromatic rings. The van der Waals surface area contributed by atoms with E-state index >= 15 is 0 Å². The normalized spacial score (nSPS) is 14.1. The first-order valence-electron chi connectivity index (χ1n) is 6.38. The van der Waals surface area contributed by atoms with Crippen molar-refractivity contribution >= 4 is 38.6 Å². The van der Waals surface area contributed by atoms with Gasteiger partial charge in [0.15, 0.2) is 5.13 Å². The third kappa shape index (κ3) is 3.11. The van der Waals surface area contributed by atoms with E-state index < -0.39 is 34.7 Å². The summed E-state index contributed by atoms with van der Waals surface area (Å²) in [5.74, 6) is -3.64. The number of carbonyl (C=O) groups is 2. The van der Waals surface area contributed by atoms with Crippen LogP contribution >= 0.6 is 11.3 Å². The van der Waals surface area contributed by atoms with E-state index in [0.29, 0.717) is 11.3 Å². The Kier molecular flexibility index (Phi) is 4.65. The van der Waals surface area contributed by atoms with Crippen LogP contribution in [-0.2, 0) is 14.3 Å². The zero-order valence-electron chi connectivity index (χ0n) is 12.3. The largest absolute Gasteiger partial charge is 0.466 e. The summed E-state index contributed by atoms with van der Waals surface area (Å²) in [6.07, 6.45) is -5.25. The number of esters is 1. The van der Waals surface area contributed by atoms with Crippen molar-refractivity contribution in [2.75, 3.05) is 12.4 Å². The zero-order chi connectivity index (χ0) is 18.1. The third-order valence-electron chi connectivity index (χ3n) is 2.94. The first kappa shape index (κ1) is 17.9. The molecule has 130 valence electrons. The Morgan fingerprint density at radius 1 is 1.29 bits per heavy atom. The highest BCUT2D eigenvalue weighted by Crippen LogP contribution is 2.36. The van der Waals surface area contributed by atoms with E-state index in [2.05, 4.69) is 9.72 Å². The molecule has 2 rings (SSSR count). The van der Waals surface area contributed by atoms with Crippen LogP contribution < -0.4 is 10.6 Å². The quantitative estimate of drug-likeness (QED) is 0.494. The summed E-state index contributed by atoms with van der Waals surface area (Å²) in [7, 11) is 0.740. The fourth-order valence-electron chi connectivity index (χ4n) is 1.94. The fourth-order valence-corrected chi connectivity index (χ4v) is 2.87. The lowest BCUT2D eigenvalue weighted by Gasteiger charge is -2.33. The standard InChI is InChI=1S/C13H11F4N3O3S/c1-6(21)19-12(10(22)23-2,13(15,16)17)20-11-18-9-7(14)4-3-5-8(9)24-11/h3-5H,1-2H3,(H,18,20)(H,19,21)/t12-/m0/s1. The van der Waals surface area contributed by atoms with Crippen molar-refractivity contribution < 1.29 is 31.9 Å². The van der Waals surface area contributed by atoms with Gasteiger partial charge in [0.2, 0.25) is 5.91 Å². The van der Waals surface area contributed by atoms with Gasteiger partial charge in [-0.05, 0) is 12.1 Å². The van der Waals surface area contributed by atoms with Gasteiger partial charge >= 0.3 is 17.8 Å². The Morgan fingerprint density at radius 2 is 1.96 bits per heavy atom. The van der Waals surface area contributed by atoms with Crippen molar-refractivity contribution in [3.05, 3.63) is 24.0 Å². The summed E-state index contributed by atoms with van der Waals surface area (Å²) in [5.41, 5.74) is -3.70. The van der Waals surface area contributed by atoms with Gasteiger partial charge in [0.25, 0.3) is 0 Å². The predicted molar refractivity (Wildman–Crippen MR) is 77.8 cm³/mol. The molecule has 6 nitrogen and oxygen atoms in total. The van der Waals surface area contributed by atoms with E-state index in [1.54, 1.807) is 0 Å². The molecule has 0 spiro atoms. The lowest BCUT2D eigenvalue weighted by atomic mass is 10.1. The molecular weight excluding hydrogens is 354 g/mol. The first-order valence-corrected chi connectivity index (χ1v) is 7.19. The van der Waals surface area contributed by atoms with E-state index in [1.165, 1.54) is 17.4 Å². The maximum atomic E-state index is 13.6. The second-order valence-electron chi connectivity index (χ2n) is 4.65. The van der Waals surface area contributed by atoms with E-state index in [9.17, 15) is 27.2 Å². The number of carbonyl (C=O) groups excluding carboxylic acids is 2. The Morgan fingerprint density at radius 3 is 2.46 bits per heavy atom. The molecule has 1 heterocycles. The zero-order valence-corrected chi connectivity index (χ0v) is 13.1. The molecule has 1 aromatic heterocycles. The van der Waals surface area contributed by atoms with Crippen LogP contribution in [0.15, 0.2) is 18.2 Å². The van der Waals surface area contributed by atoms with Gasteiger partial charge in [-0.3, -0.25) is 4.79 Å². The number of ether oxygens (including phenoxy) is 1. The number of alkyl halides is 3. The van der Waals surface area contributed by atoms with Crippen LogP contribution in [0.25, 0.3) is 10.2 Å². The summed E-state index contributed by atoms with van der Waals surface area (Å²) in [4.78, 5) is 26.7. The SMILES string of the molecule is COC(=O)[C@](NC(C)=O)(Nc1nc2c(F)cccc2s1)C(F)(F)F. The molecule has 0 bridgehead atoms. The Bertz CT molecular complexity index is 792. The summed E-state index contributed by atoms with van der Waals surface area (Å²) in [6.45, 7) is 0.809. The van der Waals surface area contributed by atoms with E-state index in [0.717, 1.165) is 20.1 Å². The molecule has 2 N–H and O–H groups in total. The number of amides is 1. The second kappa shape index (κ2) is 6.23. The molecule has 0 aliphatic rings. The number of rotatable bonds is 4. The maximum Gasteiger partial charge on any atom is 0.442 e. The minimum atomic E-state index is -5.25. The number of thiazole rings is 1. The number of hydrogen-bond donors (Lipinski definition) is 2. The lowest BCUT2D eigenvalue weighted by molar-refractivity contribution is -0.206. The summed E-state index contributed by atoms with van der Waals surface area (Å²) in [5, 5.41) is 2.94. The van der Waals surface area contributed by atoms with Gasteiger partial charge in [-0.2, -0.15) is 13.2 Å². The Labute approximate surface area is 136 Å². The number of anilines is 1. The van der Waals surface area contributed by atoms with Crippen molar-refractivity contribution in [1.82, 2.24) is 10.3 Å². The van der Waals surface area contributed by atoms with Crippen LogP contribution in [0.2, 0.25) is 0 Å². The van der Waals surface area contributed by atoms with E-state index in [-0.39, 0.29) is 10.2 Å². The Hall–Kier alpha value is -2.43. The van der Waals surface area contributed by atoms with Crippen molar-refractivity contribution in [2.24, 2.45) is 0 Å². The molecule has 0 aliphatic heterocycles. The molecule has 0 saturated carbocycles. The predicted octanol–water partition coefficient (Wildman–Crippen LogP) is 2.42. The molecule has 1 atom stereocenters. The van der Waals surface area contributed by atoms with Crippen LogP contribution in [0.1, 0.15) is 6.92 Å².